The molecule has 21 saturated heterocycles. The second kappa shape index (κ2) is 29.3. The molecule has 0 aromatic heterocycles. The standard InChI is InChI=1S/C46H80N2O34/c47-3-1-2-4-48-5-12-33-19(55)26(62)40(69-12)77-34-13(6-49)71-42(28(64)21(34)57)79-36-15(8-51)73-44(30(66)23(36)59)81-38-17(10-53)75-46(32(68)25(38)61)82-39-18(11-54)74-45(31(67)24(39)60)80-37-16(9-52)72-43(29(65)22(37)58)78-35-14(7-50)70-41(76-33)27(63)20(35)56/h12-46,48-68H,1-11,47H2/t12-,13-,14-,15-,16-,17-,18-,19-,20-,21-,22-,23-,24-,25-,26-,27-,28-,29-,30-,31-,32-,33-,34-,35-,36-,37-,38-,39-,40-,41-,42-,43-,44-,45-,46-/m1/s1. The van der Waals surface area contributed by atoms with E-state index >= 15 is 0 Å². The van der Waals surface area contributed by atoms with Crippen LogP contribution >= 0.6 is 0 Å². The number of ether oxygens (including phenoxy) is 14. The molecule has 478 valence electrons. The van der Waals surface area contributed by atoms with Crippen molar-refractivity contribution in [3.8, 4) is 0 Å². The molecule has 0 aromatic carbocycles. The van der Waals surface area contributed by atoms with Crippen molar-refractivity contribution >= 4 is 0 Å². The van der Waals surface area contributed by atoms with Crippen LogP contribution in [0.4, 0.5) is 0 Å². The third-order valence-corrected chi connectivity index (χ3v) is 15.8. The molecule has 0 saturated carbocycles. The van der Waals surface area contributed by atoms with E-state index in [1.807, 2.05) is 0 Å². The largest absolute Gasteiger partial charge is 0.394 e. The molecule has 0 aliphatic carbocycles. The SMILES string of the molecule is NCCCCNC[C@H]1O[C@@H]2O[C@H]3[C@H](O)[C@@H](O)[C@@H](O[C@H]4[C@H](O)[C@@H](O)[C@@H](O[C@H]5[C@H](O)[C@@H](O)[C@@H](O[C@H]6[C@H](O)[C@@H](O)[C@@H](O[C@H]7[C@H](O)[C@@H](O)[C@@H](O[C@H]8[C@H](O)[C@@H](O)[C@@H](O[C@H]1[C@H](O)[C@H]2O)O[C@@H]8CO)O[C@@H]7CO)O[C@@H]6CO)O[C@@H]5CO)O[C@@H]4CO)O[C@@H]3CO. The van der Waals surface area contributed by atoms with Gasteiger partial charge in [-0.25, -0.2) is 0 Å². The Bertz CT molecular complexity index is 1920. The third kappa shape index (κ3) is 13.7. The highest BCUT2D eigenvalue weighted by Crippen LogP contribution is 2.39. The van der Waals surface area contributed by atoms with Crippen molar-refractivity contribution in [1.29, 1.82) is 0 Å². The van der Waals surface area contributed by atoms with Crippen LogP contribution in [0.2, 0.25) is 0 Å². The van der Waals surface area contributed by atoms with Gasteiger partial charge in [0.1, 0.15) is 171 Å². The van der Waals surface area contributed by atoms with E-state index in [2.05, 4.69) is 5.32 Å². The summed E-state index contributed by atoms with van der Waals surface area (Å²) in [7, 11) is 0. The number of nitrogens with two attached hydrogens (primary N) is 1. The van der Waals surface area contributed by atoms with E-state index in [9.17, 15) is 102 Å². The molecule has 21 aliphatic rings. The van der Waals surface area contributed by atoms with E-state index < -0.39 is 255 Å². The van der Waals surface area contributed by atoms with Gasteiger partial charge in [0.2, 0.25) is 0 Å². The lowest BCUT2D eigenvalue weighted by atomic mass is 9.95. The maximum atomic E-state index is 11.7. The van der Waals surface area contributed by atoms with E-state index in [0.717, 1.165) is 0 Å². The molecule has 0 unspecified atom stereocenters. The predicted molar refractivity (Wildman–Crippen MR) is 253 cm³/mol. The van der Waals surface area contributed by atoms with Gasteiger partial charge in [0, 0.05) is 6.54 Å². The van der Waals surface area contributed by atoms with Crippen LogP contribution in [0.25, 0.3) is 0 Å². The summed E-state index contributed by atoms with van der Waals surface area (Å²) in [6.07, 6.45) is -67.9. The smallest absolute Gasteiger partial charge is 0.187 e. The molecule has 21 fully saturated rings. The topological polar surface area (TPSA) is 572 Å². The van der Waals surface area contributed by atoms with E-state index in [1.54, 1.807) is 0 Å². The number of aliphatic hydroxyl groups excluding tert-OH is 20. The Kier molecular flexibility index (Phi) is 23.7. The molecule has 14 bridgehead atoms. The predicted octanol–water partition coefficient (Wildman–Crippen LogP) is -14.9. The van der Waals surface area contributed by atoms with Crippen LogP contribution in [0, 0.1) is 0 Å². The summed E-state index contributed by atoms with van der Waals surface area (Å²) in [6, 6.07) is 0. The Labute approximate surface area is 465 Å². The molecular formula is C46H80N2O34. The molecule has 35 atom stereocenters. The maximum Gasteiger partial charge on any atom is 0.187 e. The number of hydrogen-bond donors (Lipinski definition) is 22. The molecule has 21 rings (SSSR count). The Morgan fingerprint density at radius 1 is 0.244 bits per heavy atom. The molecule has 0 amide bonds. The lowest BCUT2D eigenvalue weighted by Crippen LogP contribution is -2.68. The summed E-state index contributed by atoms with van der Waals surface area (Å²) in [4.78, 5) is 0. The number of rotatable bonds is 12. The van der Waals surface area contributed by atoms with Crippen LogP contribution in [-0.2, 0) is 66.3 Å². The van der Waals surface area contributed by atoms with Crippen molar-refractivity contribution in [2.75, 3.05) is 59.3 Å². The second-order valence-corrected chi connectivity index (χ2v) is 21.2. The molecular weight excluding hydrogens is 1120 g/mol. The zero-order valence-corrected chi connectivity index (χ0v) is 43.7. The number of unbranched alkanes of at least 4 members (excludes halogenated alkanes) is 1. The maximum absolute atomic E-state index is 11.7. The van der Waals surface area contributed by atoms with Gasteiger partial charge in [-0.2, -0.15) is 0 Å². The number of nitrogens with one attached hydrogen (secondary N) is 1. The minimum Gasteiger partial charge on any atom is -0.394 e. The summed E-state index contributed by atoms with van der Waals surface area (Å²) in [6.45, 7) is -5.76. The summed E-state index contributed by atoms with van der Waals surface area (Å²) in [5.41, 5.74) is 5.64. The van der Waals surface area contributed by atoms with E-state index in [1.165, 1.54) is 0 Å². The monoisotopic (exact) mass is 1200 g/mol. The first-order chi connectivity index (χ1) is 39.2. The van der Waals surface area contributed by atoms with Crippen molar-refractivity contribution < 1.29 is 168 Å². The van der Waals surface area contributed by atoms with Crippen LogP contribution in [0.5, 0.6) is 0 Å². The highest BCUT2D eigenvalue weighted by Gasteiger charge is 2.59. The highest BCUT2D eigenvalue weighted by molar-refractivity contribution is 5.02. The van der Waals surface area contributed by atoms with Crippen LogP contribution in [-0.4, -0.2) is 376 Å². The van der Waals surface area contributed by atoms with E-state index in [4.69, 9.17) is 72.0 Å². The first-order valence-electron chi connectivity index (χ1n) is 26.9. The van der Waals surface area contributed by atoms with Crippen molar-refractivity contribution in [2.45, 2.75) is 228 Å². The molecule has 21 aliphatic heterocycles. The second-order valence-electron chi connectivity index (χ2n) is 21.2. The van der Waals surface area contributed by atoms with Crippen molar-refractivity contribution in [1.82, 2.24) is 5.32 Å². The van der Waals surface area contributed by atoms with Gasteiger partial charge >= 0.3 is 0 Å². The fourth-order valence-electron chi connectivity index (χ4n) is 11.1. The Balaban J connectivity index is 1.09. The number of hydrogen-bond acceptors (Lipinski definition) is 36. The zero-order valence-electron chi connectivity index (χ0n) is 43.7. The fourth-order valence-corrected chi connectivity index (χ4v) is 11.1. The van der Waals surface area contributed by atoms with Crippen molar-refractivity contribution in [3.05, 3.63) is 0 Å². The van der Waals surface area contributed by atoms with Crippen LogP contribution in [0.15, 0.2) is 0 Å². The van der Waals surface area contributed by atoms with Crippen LogP contribution < -0.4 is 11.1 Å². The van der Waals surface area contributed by atoms with Gasteiger partial charge in [0.25, 0.3) is 0 Å². The minimum absolute atomic E-state index is 0.223. The van der Waals surface area contributed by atoms with E-state index in [-0.39, 0.29) is 6.54 Å². The lowest BCUT2D eigenvalue weighted by Gasteiger charge is -2.50. The molecule has 21 heterocycles. The van der Waals surface area contributed by atoms with Gasteiger partial charge in [-0.1, -0.05) is 0 Å². The third-order valence-electron chi connectivity index (χ3n) is 15.8. The summed E-state index contributed by atoms with van der Waals surface area (Å²) < 4.78 is 81.1. The highest BCUT2D eigenvalue weighted by atomic mass is 16.8. The van der Waals surface area contributed by atoms with Crippen molar-refractivity contribution in [3.63, 3.8) is 0 Å². The molecule has 0 aromatic rings. The first-order valence-corrected chi connectivity index (χ1v) is 26.9. The Hall–Kier alpha value is -1.44. The number of aliphatic hydroxyl groups is 20. The normalized spacial score (nSPS) is 52.7. The summed E-state index contributed by atoms with van der Waals surface area (Å²) >= 11 is 0. The molecule has 0 radical (unpaired) electrons. The van der Waals surface area contributed by atoms with Gasteiger partial charge in [-0.15, -0.1) is 0 Å². The zero-order chi connectivity index (χ0) is 59.6. The van der Waals surface area contributed by atoms with Gasteiger partial charge in [-0.05, 0) is 25.9 Å². The fraction of sp³-hybridized carbons (Fsp3) is 1.00. The Morgan fingerprint density at radius 2 is 0.427 bits per heavy atom. The van der Waals surface area contributed by atoms with Crippen molar-refractivity contribution in [2.24, 2.45) is 5.73 Å². The molecule has 36 nitrogen and oxygen atoms in total. The minimum atomic E-state index is -2.20. The van der Waals surface area contributed by atoms with Gasteiger partial charge < -0.3 is 179 Å². The Morgan fingerprint density at radius 3 is 0.610 bits per heavy atom. The molecule has 0 spiro atoms. The molecule has 36 heteroatoms. The lowest BCUT2D eigenvalue weighted by molar-refractivity contribution is -0.396. The summed E-state index contributed by atoms with van der Waals surface area (Å²) in [5, 5.41) is 226. The van der Waals surface area contributed by atoms with Crippen LogP contribution in [0.1, 0.15) is 12.8 Å². The quantitative estimate of drug-likeness (QED) is 0.0807. The molecule has 23 N–H and O–H groups in total. The van der Waals surface area contributed by atoms with Gasteiger partial charge in [-0.3, -0.25) is 0 Å². The summed E-state index contributed by atoms with van der Waals surface area (Å²) in [5.74, 6) is 0. The average molecular weight is 1210 g/mol. The molecule has 82 heavy (non-hydrogen) atoms. The average Bonchev–Trinajstić information content (AvgIpc) is 2.82. The first kappa shape index (κ1) is 66.5. The van der Waals surface area contributed by atoms with Gasteiger partial charge in [0.15, 0.2) is 44.0 Å². The van der Waals surface area contributed by atoms with E-state index in [0.29, 0.717) is 25.9 Å². The van der Waals surface area contributed by atoms with Crippen LogP contribution in [0.3, 0.4) is 0 Å². The van der Waals surface area contributed by atoms with Gasteiger partial charge in [0.05, 0.1) is 39.6 Å².